The third-order valence-corrected chi connectivity index (χ3v) is 3.15. The first-order valence-electron chi connectivity index (χ1n) is 5.73. The summed E-state index contributed by atoms with van der Waals surface area (Å²) < 4.78 is 5.18. The highest BCUT2D eigenvalue weighted by Crippen LogP contribution is 2.18. The van der Waals surface area contributed by atoms with Crippen LogP contribution in [0.2, 0.25) is 0 Å². The lowest BCUT2D eigenvalue weighted by molar-refractivity contribution is 0.353. The van der Waals surface area contributed by atoms with Crippen LogP contribution >= 0.6 is 11.8 Å². The molecule has 1 atom stereocenters. The van der Waals surface area contributed by atoms with E-state index in [4.69, 9.17) is 10.3 Å². The Hall–Kier alpha value is -1.40. The highest BCUT2D eigenvalue weighted by atomic mass is 32.2. The van der Waals surface area contributed by atoms with Gasteiger partial charge in [0.05, 0.1) is 6.04 Å². The van der Waals surface area contributed by atoms with E-state index >= 15 is 0 Å². The topological polar surface area (TPSA) is 77.8 Å². The Balaban J connectivity index is 2.15. The fourth-order valence-corrected chi connectivity index (χ4v) is 2.02. The van der Waals surface area contributed by atoms with Gasteiger partial charge in [-0.25, -0.2) is 4.98 Å². The predicted molar refractivity (Wildman–Crippen MR) is 72.2 cm³/mol. The van der Waals surface area contributed by atoms with Gasteiger partial charge in [0.15, 0.2) is 0 Å². The predicted octanol–water partition coefficient (Wildman–Crippen LogP) is 2.19. The molecule has 2 N–H and O–H groups in total. The van der Waals surface area contributed by atoms with Gasteiger partial charge in [0.2, 0.25) is 11.7 Å². The maximum Gasteiger partial charge on any atom is 0.243 e. The Labute approximate surface area is 110 Å². The molecule has 0 aliphatic rings. The van der Waals surface area contributed by atoms with Crippen LogP contribution in [-0.4, -0.2) is 27.1 Å². The van der Waals surface area contributed by atoms with Crippen LogP contribution in [0.25, 0.3) is 11.5 Å². The minimum atomic E-state index is -0.205. The van der Waals surface area contributed by atoms with E-state index in [1.54, 1.807) is 11.8 Å². The van der Waals surface area contributed by atoms with Gasteiger partial charge in [-0.15, -0.1) is 0 Å². The van der Waals surface area contributed by atoms with Gasteiger partial charge >= 0.3 is 0 Å². The molecule has 5 nitrogen and oxygen atoms in total. The van der Waals surface area contributed by atoms with Crippen LogP contribution in [-0.2, 0) is 0 Å². The molecule has 2 heterocycles. The Kier molecular flexibility index (Phi) is 4.33. The molecule has 96 valence electrons. The van der Waals surface area contributed by atoms with E-state index in [1.807, 2.05) is 31.4 Å². The zero-order chi connectivity index (χ0) is 13.0. The van der Waals surface area contributed by atoms with Gasteiger partial charge in [-0.1, -0.05) is 11.2 Å². The molecule has 0 radical (unpaired) electrons. The maximum atomic E-state index is 5.97. The normalized spacial score (nSPS) is 12.6. The second-order valence-corrected chi connectivity index (χ2v) is 4.99. The van der Waals surface area contributed by atoms with Crippen molar-refractivity contribution in [2.45, 2.75) is 19.4 Å². The monoisotopic (exact) mass is 264 g/mol. The van der Waals surface area contributed by atoms with Crippen LogP contribution in [0.3, 0.4) is 0 Å². The average Bonchev–Trinajstić information content (AvgIpc) is 2.85. The van der Waals surface area contributed by atoms with Crippen LogP contribution in [0.5, 0.6) is 0 Å². The van der Waals surface area contributed by atoms with Crippen molar-refractivity contribution >= 4 is 11.8 Å². The largest absolute Gasteiger partial charge is 0.337 e. The highest BCUT2D eigenvalue weighted by molar-refractivity contribution is 7.98. The van der Waals surface area contributed by atoms with E-state index < -0.39 is 0 Å². The zero-order valence-electron chi connectivity index (χ0n) is 10.5. The summed E-state index contributed by atoms with van der Waals surface area (Å²) in [5.74, 6) is 1.94. The number of hydrogen-bond acceptors (Lipinski definition) is 6. The molecule has 2 rings (SSSR count). The number of aromatic nitrogens is 3. The number of nitrogens with two attached hydrogens (primary N) is 1. The van der Waals surface area contributed by atoms with Crippen LogP contribution in [0.4, 0.5) is 0 Å². The summed E-state index contributed by atoms with van der Waals surface area (Å²) in [6, 6.07) is 5.49. The second kappa shape index (κ2) is 5.97. The standard InChI is InChI=1S/C12H16N4OS/c1-8-4-3-5-10(14-8)11-15-12(17-16-11)9(13)6-7-18-2/h3-5,9H,6-7,13H2,1-2H3/t9-/m0/s1. The van der Waals surface area contributed by atoms with Gasteiger partial charge in [0, 0.05) is 5.69 Å². The molecule has 0 aliphatic carbocycles. The zero-order valence-corrected chi connectivity index (χ0v) is 11.3. The van der Waals surface area contributed by atoms with E-state index in [-0.39, 0.29) is 6.04 Å². The molecule has 0 saturated carbocycles. The summed E-state index contributed by atoms with van der Waals surface area (Å²) in [5, 5.41) is 3.92. The number of nitrogens with zero attached hydrogens (tertiary/aromatic N) is 3. The maximum absolute atomic E-state index is 5.97. The van der Waals surface area contributed by atoms with Crippen molar-refractivity contribution in [1.82, 2.24) is 15.1 Å². The summed E-state index contributed by atoms with van der Waals surface area (Å²) in [6.45, 7) is 1.93. The van der Waals surface area contributed by atoms with Crippen molar-refractivity contribution in [2.24, 2.45) is 5.73 Å². The first-order valence-corrected chi connectivity index (χ1v) is 7.12. The Morgan fingerprint density at radius 2 is 2.22 bits per heavy atom. The molecule has 0 unspecified atom stereocenters. The number of pyridine rings is 1. The van der Waals surface area contributed by atoms with Crippen molar-refractivity contribution in [3.8, 4) is 11.5 Å². The minimum Gasteiger partial charge on any atom is -0.337 e. The Morgan fingerprint density at radius 1 is 1.39 bits per heavy atom. The van der Waals surface area contributed by atoms with Crippen molar-refractivity contribution < 1.29 is 4.52 Å². The fourth-order valence-electron chi connectivity index (χ4n) is 1.53. The molecule has 2 aromatic heterocycles. The lowest BCUT2D eigenvalue weighted by atomic mass is 10.2. The average molecular weight is 264 g/mol. The quantitative estimate of drug-likeness (QED) is 0.892. The van der Waals surface area contributed by atoms with Crippen molar-refractivity contribution in [2.75, 3.05) is 12.0 Å². The third kappa shape index (κ3) is 3.08. The molecular formula is C12H16N4OS. The van der Waals surface area contributed by atoms with E-state index in [2.05, 4.69) is 15.1 Å². The number of rotatable bonds is 5. The molecule has 0 amide bonds. The lowest BCUT2D eigenvalue weighted by Crippen LogP contribution is -2.11. The van der Waals surface area contributed by atoms with Gasteiger partial charge in [-0.05, 0) is 37.5 Å². The first kappa shape index (κ1) is 13.0. The first-order chi connectivity index (χ1) is 8.70. The molecule has 0 spiro atoms. The Bertz CT molecular complexity index is 514. The van der Waals surface area contributed by atoms with E-state index in [0.717, 1.165) is 17.9 Å². The van der Waals surface area contributed by atoms with E-state index in [9.17, 15) is 0 Å². The molecule has 2 aromatic rings. The van der Waals surface area contributed by atoms with Crippen LogP contribution in [0.1, 0.15) is 24.0 Å². The van der Waals surface area contributed by atoms with E-state index in [0.29, 0.717) is 17.4 Å². The van der Waals surface area contributed by atoms with Crippen LogP contribution in [0.15, 0.2) is 22.7 Å². The molecule has 0 aliphatic heterocycles. The number of hydrogen-bond donors (Lipinski definition) is 1. The van der Waals surface area contributed by atoms with Crippen molar-refractivity contribution in [3.05, 3.63) is 29.8 Å². The van der Waals surface area contributed by atoms with Gasteiger partial charge in [0.1, 0.15) is 5.69 Å². The second-order valence-electron chi connectivity index (χ2n) is 4.01. The molecule has 18 heavy (non-hydrogen) atoms. The van der Waals surface area contributed by atoms with Gasteiger partial charge in [-0.2, -0.15) is 16.7 Å². The molecular weight excluding hydrogens is 248 g/mol. The SMILES string of the molecule is CSCC[C@H](N)c1nc(-c2cccc(C)n2)no1. The summed E-state index contributed by atoms with van der Waals surface area (Å²) in [6.07, 6.45) is 2.87. The molecule has 0 saturated heterocycles. The summed E-state index contributed by atoms with van der Waals surface area (Å²) in [7, 11) is 0. The summed E-state index contributed by atoms with van der Waals surface area (Å²) in [5.41, 5.74) is 7.60. The van der Waals surface area contributed by atoms with Gasteiger partial charge in [0.25, 0.3) is 0 Å². The summed E-state index contributed by atoms with van der Waals surface area (Å²) in [4.78, 5) is 8.65. The highest BCUT2D eigenvalue weighted by Gasteiger charge is 2.15. The molecule has 6 heteroatoms. The minimum absolute atomic E-state index is 0.205. The van der Waals surface area contributed by atoms with Gasteiger partial charge in [-0.3, -0.25) is 0 Å². The van der Waals surface area contributed by atoms with E-state index in [1.165, 1.54) is 0 Å². The van der Waals surface area contributed by atoms with Crippen molar-refractivity contribution in [1.29, 1.82) is 0 Å². The van der Waals surface area contributed by atoms with Crippen molar-refractivity contribution in [3.63, 3.8) is 0 Å². The number of aryl methyl sites for hydroxylation is 1. The lowest BCUT2D eigenvalue weighted by Gasteiger charge is -2.03. The third-order valence-electron chi connectivity index (χ3n) is 2.51. The van der Waals surface area contributed by atoms with Crippen LogP contribution < -0.4 is 5.73 Å². The molecule has 0 fully saturated rings. The molecule has 0 bridgehead atoms. The Morgan fingerprint density at radius 3 is 2.94 bits per heavy atom. The number of thioether (sulfide) groups is 1. The van der Waals surface area contributed by atoms with Crippen LogP contribution in [0, 0.1) is 6.92 Å². The molecule has 0 aromatic carbocycles. The van der Waals surface area contributed by atoms with Gasteiger partial charge < -0.3 is 10.3 Å². The summed E-state index contributed by atoms with van der Waals surface area (Å²) >= 11 is 1.75. The fraction of sp³-hybridized carbons (Fsp3) is 0.417. The smallest absolute Gasteiger partial charge is 0.243 e.